The predicted octanol–water partition coefficient (Wildman–Crippen LogP) is 3.14. The summed E-state index contributed by atoms with van der Waals surface area (Å²) in [6.45, 7) is 1.99. The van der Waals surface area contributed by atoms with Crippen molar-refractivity contribution >= 4 is 27.5 Å². The molecule has 2 aromatic rings. The summed E-state index contributed by atoms with van der Waals surface area (Å²) in [6.07, 6.45) is 2.07. The van der Waals surface area contributed by atoms with E-state index in [2.05, 4.69) is 4.99 Å². The molecule has 102 valence electrons. The molecule has 0 saturated carbocycles. The van der Waals surface area contributed by atoms with Crippen LogP contribution in [0.15, 0.2) is 17.1 Å². The number of nitrogens with zero attached hydrogens (tertiary/aromatic N) is 2. The van der Waals surface area contributed by atoms with E-state index in [9.17, 15) is 13.6 Å². The van der Waals surface area contributed by atoms with Gasteiger partial charge < -0.3 is 4.57 Å². The first kappa shape index (κ1) is 13.9. The third-order valence-corrected chi connectivity index (χ3v) is 3.86. The molecule has 3 nitrogen and oxygen atoms in total. The quantitative estimate of drug-likeness (QED) is 0.852. The molecule has 1 aromatic carbocycles. The van der Waals surface area contributed by atoms with Gasteiger partial charge in [-0.25, -0.2) is 8.78 Å². The number of benzene rings is 1. The first-order valence-electron chi connectivity index (χ1n) is 6.05. The molecule has 0 aliphatic rings. The molecule has 0 saturated heterocycles. The summed E-state index contributed by atoms with van der Waals surface area (Å²) in [7, 11) is 1.62. The first-order chi connectivity index (χ1) is 9.02. The van der Waals surface area contributed by atoms with Crippen LogP contribution in [0.3, 0.4) is 0 Å². The number of carbonyl (C=O) groups excluding carboxylic acids is 1. The normalized spacial score (nSPS) is 12.3. The van der Waals surface area contributed by atoms with E-state index >= 15 is 0 Å². The standard InChI is InChI=1S/C13H14F2N2OS/c1-3-4-5-11(18)16-13-17(2)12-9(15)6-8(14)7-10(12)19-13/h6-7H,3-5H2,1-2H3. The van der Waals surface area contributed by atoms with Crippen LogP contribution in [0.1, 0.15) is 26.2 Å². The molecule has 19 heavy (non-hydrogen) atoms. The van der Waals surface area contributed by atoms with Gasteiger partial charge in [0.25, 0.3) is 0 Å². The van der Waals surface area contributed by atoms with Gasteiger partial charge in [0.1, 0.15) is 5.82 Å². The molecule has 2 rings (SSSR count). The lowest BCUT2D eigenvalue weighted by Crippen LogP contribution is -2.13. The Morgan fingerprint density at radius 1 is 1.42 bits per heavy atom. The number of aromatic nitrogens is 1. The maximum atomic E-state index is 13.7. The number of halogens is 2. The zero-order valence-corrected chi connectivity index (χ0v) is 11.6. The van der Waals surface area contributed by atoms with E-state index < -0.39 is 11.6 Å². The van der Waals surface area contributed by atoms with Crippen molar-refractivity contribution in [1.29, 1.82) is 0 Å². The number of carbonyl (C=O) groups is 1. The summed E-state index contributed by atoms with van der Waals surface area (Å²) < 4.78 is 28.7. The number of hydrogen-bond donors (Lipinski definition) is 0. The minimum absolute atomic E-state index is 0.232. The summed E-state index contributed by atoms with van der Waals surface area (Å²) in [4.78, 5) is 16.0. The fourth-order valence-corrected chi connectivity index (χ4v) is 2.87. The van der Waals surface area contributed by atoms with Gasteiger partial charge in [0.15, 0.2) is 10.6 Å². The van der Waals surface area contributed by atoms with E-state index in [0.29, 0.717) is 15.9 Å². The molecule has 6 heteroatoms. The molecule has 1 heterocycles. The molecule has 1 amide bonds. The molecule has 0 aliphatic heterocycles. The molecule has 0 fully saturated rings. The highest BCUT2D eigenvalue weighted by Gasteiger charge is 2.11. The van der Waals surface area contributed by atoms with Crippen molar-refractivity contribution in [2.45, 2.75) is 26.2 Å². The van der Waals surface area contributed by atoms with Crippen molar-refractivity contribution in [2.24, 2.45) is 12.0 Å². The van der Waals surface area contributed by atoms with Crippen LogP contribution in [-0.4, -0.2) is 10.5 Å². The lowest BCUT2D eigenvalue weighted by Gasteiger charge is -1.97. The molecular formula is C13H14F2N2OS. The summed E-state index contributed by atoms with van der Waals surface area (Å²) >= 11 is 1.11. The van der Waals surface area contributed by atoms with Crippen molar-refractivity contribution in [1.82, 2.24) is 4.57 Å². The highest BCUT2D eigenvalue weighted by molar-refractivity contribution is 7.16. The van der Waals surface area contributed by atoms with Crippen molar-refractivity contribution in [3.8, 4) is 0 Å². The number of aryl methyl sites for hydroxylation is 1. The Kier molecular flexibility index (Phi) is 4.09. The van der Waals surface area contributed by atoms with Gasteiger partial charge in [-0.3, -0.25) is 4.79 Å². The van der Waals surface area contributed by atoms with Crippen LogP contribution in [0.2, 0.25) is 0 Å². The van der Waals surface area contributed by atoms with Crippen LogP contribution in [0.25, 0.3) is 10.2 Å². The Morgan fingerprint density at radius 3 is 2.84 bits per heavy atom. The maximum Gasteiger partial charge on any atom is 0.248 e. The molecule has 0 atom stereocenters. The number of fused-ring (bicyclic) bond motifs is 1. The second-order valence-electron chi connectivity index (χ2n) is 4.29. The Labute approximate surface area is 113 Å². The van der Waals surface area contributed by atoms with Crippen molar-refractivity contribution in [3.05, 3.63) is 28.6 Å². The van der Waals surface area contributed by atoms with Crippen LogP contribution >= 0.6 is 11.3 Å². The Bertz CT molecular complexity index is 688. The van der Waals surface area contributed by atoms with Gasteiger partial charge in [0, 0.05) is 19.5 Å². The van der Waals surface area contributed by atoms with Crippen LogP contribution in [0.5, 0.6) is 0 Å². The average Bonchev–Trinajstić information content (AvgIpc) is 2.63. The second-order valence-corrected chi connectivity index (χ2v) is 5.30. The molecule has 0 aliphatic carbocycles. The minimum atomic E-state index is -0.642. The Balaban J connectivity index is 2.51. The van der Waals surface area contributed by atoms with Gasteiger partial charge in [-0.15, -0.1) is 0 Å². The number of rotatable bonds is 3. The van der Waals surface area contributed by atoms with E-state index in [4.69, 9.17) is 0 Å². The zero-order chi connectivity index (χ0) is 14.0. The van der Waals surface area contributed by atoms with E-state index in [1.54, 1.807) is 7.05 Å². The minimum Gasteiger partial charge on any atom is -0.317 e. The van der Waals surface area contributed by atoms with Gasteiger partial charge in [-0.05, 0) is 12.5 Å². The largest absolute Gasteiger partial charge is 0.317 e. The molecule has 0 spiro atoms. The first-order valence-corrected chi connectivity index (χ1v) is 6.86. The fraction of sp³-hybridized carbons (Fsp3) is 0.385. The van der Waals surface area contributed by atoms with Gasteiger partial charge >= 0.3 is 0 Å². The third kappa shape index (κ3) is 2.89. The second kappa shape index (κ2) is 5.61. The Hall–Kier alpha value is -1.56. The third-order valence-electron chi connectivity index (χ3n) is 2.78. The van der Waals surface area contributed by atoms with Crippen molar-refractivity contribution in [2.75, 3.05) is 0 Å². The van der Waals surface area contributed by atoms with Gasteiger partial charge in [0.2, 0.25) is 5.91 Å². The summed E-state index contributed by atoms with van der Waals surface area (Å²) in [5.74, 6) is -1.50. The fourth-order valence-electron chi connectivity index (χ4n) is 1.80. The van der Waals surface area contributed by atoms with E-state index in [1.165, 1.54) is 10.6 Å². The SMILES string of the molecule is CCCCC(=O)N=c1sc2cc(F)cc(F)c2n1C. The molecular weight excluding hydrogens is 270 g/mol. The summed E-state index contributed by atoms with van der Waals surface area (Å²) in [6, 6.07) is 2.08. The van der Waals surface area contributed by atoms with E-state index in [0.717, 1.165) is 30.2 Å². The van der Waals surface area contributed by atoms with Crippen LogP contribution in [0.4, 0.5) is 8.78 Å². The summed E-state index contributed by atoms with van der Waals surface area (Å²) in [5, 5.41) is 0. The molecule has 0 N–H and O–H groups in total. The number of hydrogen-bond acceptors (Lipinski definition) is 2. The highest BCUT2D eigenvalue weighted by atomic mass is 32.1. The monoisotopic (exact) mass is 284 g/mol. The predicted molar refractivity (Wildman–Crippen MR) is 70.8 cm³/mol. The van der Waals surface area contributed by atoms with Gasteiger partial charge in [-0.2, -0.15) is 4.99 Å². The van der Waals surface area contributed by atoms with Crippen molar-refractivity contribution < 1.29 is 13.6 Å². The molecule has 1 aromatic heterocycles. The zero-order valence-electron chi connectivity index (χ0n) is 10.7. The number of unbranched alkanes of at least 4 members (excludes halogenated alkanes) is 1. The number of amides is 1. The van der Waals surface area contributed by atoms with Gasteiger partial charge in [0.05, 0.1) is 10.2 Å². The van der Waals surface area contributed by atoms with Crippen LogP contribution in [-0.2, 0) is 11.8 Å². The van der Waals surface area contributed by atoms with Gasteiger partial charge in [-0.1, -0.05) is 24.7 Å². The topological polar surface area (TPSA) is 34.4 Å². The maximum absolute atomic E-state index is 13.7. The van der Waals surface area contributed by atoms with Crippen LogP contribution < -0.4 is 4.80 Å². The molecule has 0 unspecified atom stereocenters. The highest BCUT2D eigenvalue weighted by Crippen LogP contribution is 2.21. The Morgan fingerprint density at radius 2 is 2.16 bits per heavy atom. The molecule has 0 radical (unpaired) electrons. The molecule has 0 bridgehead atoms. The number of thiazole rings is 1. The lowest BCUT2D eigenvalue weighted by molar-refractivity contribution is -0.118. The summed E-state index contributed by atoms with van der Waals surface area (Å²) in [5.41, 5.74) is 0.272. The lowest BCUT2D eigenvalue weighted by atomic mass is 10.2. The van der Waals surface area contributed by atoms with E-state index in [-0.39, 0.29) is 11.4 Å². The smallest absolute Gasteiger partial charge is 0.248 e. The van der Waals surface area contributed by atoms with E-state index in [1.807, 2.05) is 6.92 Å². The van der Waals surface area contributed by atoms with Crippen molar-refractivity contribution in [3.63, 3.8) is 0 Å². The van der Waals surface area contributed by atoms with Crippen LogP contribution in [0, 0.1) is 11.6 Å². The average molecular weight is 284 g/mol.